The molecule has 0 saturated heterocycles. The highest BCUT2D eigenvalue weighted by Crippen LogP contribution is 2.06. The van der Waals surface area contributed by atoms with Crippen LogP contribution in [0.1, 0.15) is 40.0 Å². The minimum atomic E-state index is 0.165. The normalized spacial score (nSPS) is 10.4. The minimum absolute atomic E-state index is 0.165. The second kappa shape index (κ2) is 7.63. The van der Waals surface area contributed by atoms with Crippen LogP contribution in [0.15, 0.2) is 0 Å². The van der Waals surface area contributed by atoms with Crippen LogP contribution in [0.25, 0.3) is 0 Å². The molecule has 0 aromatic carbocycles. The molecule has 0 aromatic heterocycles. The molecule has 0 spiro atoms. The molecule has 88 valence electrons. The molecule has 0 unspecified atom stereocenters. The van der Waals surface area contributed by atoms with Gasteiger partial charge >= 0.3 is 0 Å². The molecule has 0 radical (unpaired) electrons. The van der Waals surface area contributed by atoms with Crippen molar-refractivity contribution in [2.24, 2.45) is 11.7 Å². The first-order chi connectivity index (χ1) is 6.97. The van der Waals surface area contributed by atoms with E-state index in [1.54, 1.807) is 4.90 Å². The molecule has 3 nitrogen and oxygen atoms in total. The smallest absolute Gasteiger partial charge is 0.222 e. The monoisotopic (exact) mass is 230 g/mol. The number of carbonyl (C=O) groups excluding carboxylic acids is 1. The highest BCUT2D eigenvalue weighted by molar-refractivity contribution is 7.80. The van der Waals surface area contributed by atoms with Gasteiger partial charge in [0.05, 0.1) is 11.5 Å². The Morgan fingerprint density at radius 1 is 1.47 bits per heavy atom. The third-order valence-corrected chi connectivity index (χ3v) is 2.26. The SMILES string of the molecule is CCCN(CC(N)=S)C(=O)CCC(C)C. The van der Waals surface area contributed by atoms with E-state index in [9.17, 15) is 4.79 Å². The van der Waals surface area contributed by atoms with Gasteiger partial charge in [-0.1, -0.05) is 33.0 Å². The number of carbonyl (C=O) groups is 1. The van der Waals surface area contributed by atoms with Crippen LogP contribution in [0.2, 0.25) is 0 Å². The van der Waals surface area contributed by atoms with Gasteiger partial charge in [0.15, 0.2) is 0 Å². The van der Waals surface area contributed by atoms with Crippen LogP contribution in [-0.2, 0) is 4.79 Å². The van der Waals surface area contributed by atoms with E-state index < -0.39 is 0 Å². The van der Waals surface area contributed by atoms with Gasteiger partial charge in [-0.05, 0) is 18.8 Å². The van der Waals surface area contributed by atoms with E-state index >= 15 is 0 Å². The van der Waals surface area contributed by atoms with Crippen LogP contribution in [0, 0.1) is 5.92 Å². The zero-order chi connectivity index (χ0) is 11.8. The summed E-state index contributed by atoms with van der Waals surface area (Å²) in [5.41, 5.74) is 5.45. The molecule has 0 saturated carbocycles. The number of hydrogen-bond acceptors (Lipinski definition) is 2. The van der Waals surface area contributed by atoms with Crippen molar-refractivity contribution in [3.05, 3.63) is 0 Å². The molecule has 15 heavy (non-hydrogen) atoms. The molecule has 2 N–H and O–H groups in total. The molecular formula is C11H22N2OS. The minimum Gasteiger partial charge on any atom is -0.392 e. The quantitative estimate of drug-likeness (QED) is 0.680. The number of rotatable bonds is 7. The Hall–Kier alpha value is -0.640. The Labute approximate surface area is 98.0 Å². The Balaban J connectivity index is 4.09. The van der Waals surface area contributed by atoms with Gasteiger partial charge in [-0.2, -0.15) is 0 Å². The molecule has 0 aliphatic rings. The zero-order valence-corrected chi connectivity index (χ0v) is 10.8. The van der Waals surface area contributed by atoms with Gasteiger partial charge < -0.3 is 10.6 Å². The van der Waals surface area contributed by atoms with Gasteiger partial charge in [-0.15, -0.1) is 0 Å². The third-order valence-electron chi connectivity index (χ3n) is 2.13. The van der Waals surface area contributed by atoms with Gasteiger partial charge in [-0.3, -0.25) is 4.79 Å². The topological polar surface area (TPSA) is 46.3 Å². The fourth-order valence-corrected chi connectivity index (χ4v) is 1.48. The van der Waals surface area contributed by atoms with E-state index in [0.717, 1.165) is 19.4 Å². The summed E-state index contributed by atoms with van der Waals surface area (Å²) in [6.45, 7) is 7.44. The number of thiocarbonyl (C=S) groups is 1. The maximum Gasteiger partial charge on any atom is 0.222 e. The van der Waals surface area contributed by atoms with Crippen LogP contribution in [-0.4, -0.2) is 28.9 Å². The lowest BCUT2D eigenvalue weighted by molar-refractivity contribution is -0.130. The Kier molecular flexibility index (Phi) is 7.30. The summed E-state index contributed by atoms with van der Waals surface area (Å²) in [6, 6.07) is 0. The van der Waals surface area contributed by atoms with Crippen molar-refractivity contribution in [2.45, 2.75) is 40.0 Å². The van der Waals surface area contributed by atoms with Gasteiger partial charge in [0, 0.05) is 13.0 Å². The maximum absolute atomic E-state index is 11.8. The van der Waals surface area contributed by atoms with Gasteiger partial charge in [0.25, 0.3) is 0 Å². The number of nitrogens with two attached hydrogens (primary N) is 1. The lowest BCUT2D eigenvalue weighted by Gasteiger charge is -2.21. The molecule has 0 rings (SSSR count). The average Bonchev–Trinajstić information content (AvgIpc) is 2.12. The van der Waals surface area contributed by atoms with E-state index in [-0.39, 0.29) is 5.91 Å². The van der Waals surface area contributed by atoms with Crippen molar-refractivity contribution in [2.75, 3.05) is 13.1 Å². The van der Waals surface area contributed by atoms with Crippen LogP contribution < -0.4 is 5.73 Å². The largest absolute Gasteiger partial charge is 0.392 e. The second-order valence-corrected chi connectivity index (χ2v) is 4.74. The predicted molar refractivity (Wildman–Crippen MR) is 67.7 cm³/mol. The van der Waals surface area contributed by atoms with Gasteiger partial charge in [0.1, 0.15) is 0 Å². The van der Waals surface area contributed by atoms with Gasteiger partial charge in [-0.25, -0.2) is 0 Å². The maximum atomic E-state index is 11.8. The van der Waals surface area contributed by atoms with E-state index in [1.165, 1.54) is 0 Å². The summed E-state index contributed by atoms with van der Waals surface area (Å²) in [5.74, 6) is 0.723. The van der Waals surface area contributed by atoms with Crippen molar-refractivity contribution in [3.8, 4) is 0 Å². The van der Waals surface area contributed by atoms with E-state index in [0.29, 0.717) is 23.9 Å². The van der Waals surface area contributed by atoms with Crippen molar-refractivity contribution in [1.29, 1.82) is 0 Å². The Morgan fingerprint density at radius 2 is 2.07 bits per heavy atom. The molecule has 0 atom stereocenters. The number of hydrogen-bond donors (Lipinski definition) is 1. The summed E-state index contributed by atoms with van der Waals surface area (Å²) < 4.78 is 0. The lowest BCUT2D eigenvalue weighted by atomic mass is 10.1. The Bertz CT molecular complexity index is 217. The van der Waals surface area contributed by atoms with E-state index in [1.807, 2.05) is 6.92 Å². The van der Waals surface area contributed by atoms with Crippen LogP contribution in [0.4, 0.5) is 0 Å². The van der Waals surface area contributed by atoms with Crippen molar-refractivity contribution < 1.29 is 4.79 Å². The predicted octanol–water partition coefficient (Wildman–Crippen LogP) is 1.95. The standard InChI is InChI=1S/C11H22N2OS/c1-4-7-13(8-10(12)15)11(14)6-5-9(2)3/h9H,4-8H2,1-3H3,(H2,12,15). The third kappa shape index (κ3) is 7.31. The molecule has 0 aliphatic carbocycles. The second-order valence-electron chi connectivity index (χ2n) is 4.21. The molecule has 0 aliphatic heterocycles. The van der Waals surface area contributed by atoms with Crippen LogP contribution >= 0.6 is 12.2 Å². The molecule has 0 fully saturated rings. The summed E-state index contributed by atoms with van der Waals surface area (Å²) in [6.07, 6.45) is 2.46. The summed E-state index contributed by atoms with van der Waals surface area (Å²) in [7, 11) is 0. The first-order valence-electron chi connectivity index (χ1n) is 5.53. The summed E-state index contributed by atoms with van der Waals surface area (Å²) in [5, 5.41) is 0. The first kappa shape index (κ1) is 14.4. The van der Waals surface area contributed by atoms with Crippen LogP contribution in [0.3, 0.4) is 0 Å². The molecule has 0 aromatic rings. The highest BCUT2D eigenvalue weighted by atomic mass is 32.1. The Morgan fingerprint density at radius 3 is 2.47 bits per heavy atom. The van der Waals surface area contributed by atoms with E-state index in [4.69, 9.17) is 18.0 Å². The van der Waals surface area contributed by atoms with Gasteiger partial charge in [0.2, 0.25) is 5.91 Å². The van der Waals surface area contributed by atoms with Crippen molar-refractivity contribution in [3.63, 3.8) is 0 Å². The van der Waals surface area contributed by atoms with E-state index in [2.05, 4.69) is 13.8 Å². The molecule has 1 amide bonds. The number of nitrogens with zero attached hydrogens (tertiary/aromatic N) is 1. The van der Waals surface area contributed by atoms with Crippen molar-refractivity contribution >= 4 is 23.1 Å². The number of amides is 1. The summed E-state index contributed by atoms with van der Waals surface area (Å²) >= 11 is 4.82. The molecule has 0 bridgehead atoms. The summed E-state index contributed by atoms with van der Waals surface area (Å²) in [4.78, 5) is 13.9. The lowest BCUT2D eigenvalue weighted by Crippen LogP contribution is -2.38. The molecule has 0 heterocycles. The first-order valence-corrected chi connectivity index (χ1v) is 5.94. The van der Waals surface area contributed by atoms with Crippen molar-refractivity contribution in [1.82, 2.24) is 4.90 Å². The molecule has 4 heteroatoms. The fraction of sp³-hybridized carbons (Fsp3) is 0.818. The average molecular weight is 230 g/mol. The fourth-order valence-electron chi connectivity index (χ4n) is 1.32. The highest BCUT2D eigenvalue weighted by Gasteiger charge is 2.13. The van der Waals surface area contributed by atoms with Crippen LogP contribution in [0.5, 0.6) is 0 Å². The molecular weight excluding hydrogens is 208 g/mol. The zero-order valence-electron chi connectivity index (χ0n) is 9.95.